The summed E-state index contributed by atoms with van der Waals surface area (Å²) in [4.78, 5) is 0. The van der Waals surface area contributed by atoms with Gasteiger partial charge in [0.2, 0.25) is 0 Å². The third-order valence-electron chi connectivity index (χ3n) is 3.49. The van der Waals surface area contributed by atoms with Crippen molar-refractivity contribution in [2.45, 2.75) is 33.7 Å². The SMILES string of the molecule is Cc1ccc(Oc2cc(C)c(F)cc2C(C)N)cc1C. The lowest BCUT2D eigenvalue weighted by Gasteiger charge is -2.16. The van der Waals surface area contributed by atoms with E-state index < -0.39 is 0 Å². The first kappa shape index (κ1) is 14.5. The fourth-order valence-electron chi connectivity index (χ4n) is 2.02. The molecule has 0 spiro atoms. The minimum absolute atomic E-state index is 0.260. The Hall–Kier alpha value is -1.87. The molecule has 0 aliphatic carbocycles. The van der Waals surface area contributed by atoms with Gasteiger partial charge in [0.15, 0.2) is 0 Å². The van der Waals surface area contributed by atoms with Crippen LogP contribution in [0.4, 0.5) is 4.39 Å². The standard InChI is InChI=1S/C17H20FNO/c1-10-5-6-14(7-11(10)2)20-17-8-12(3)16(18)9-15(17)13(4)19/h5-9,13H,19H2,1-4H3. The van der Waals surface area contributed by atoms with E-state index in [4.69, 9.17) is 10.5 Å². The normalized spacial score (nSPS) is 12.3. The summed E-state index contributed by atoms with van der Waals surface area (Å²) in [5.74, 6) is 1.09. The molecule has 1 atom stereocenters. The van der Waals surface area contributed by atoms with Crippen molar-refractivity contribution in [3.05, 3.63) is 58.4 Å². The van der Waals surface area contributed by atoms with Crippen LogP contribution in [-0.2, 0) is 0 Å². The molecule has 0 bridgehead atoms. The highest BCUT2D eigenvalue weighted by Gasteiger charge is 2.13. The Morgan fingerprint density at radius 1 is 1.00 bits per heavy atom. The van der Waals surface area contributed by atoms with E-state index in [0.717, 1.165) is 11.3 Å². The molecule has 0 fully saturated rings. The van der Waals surface area contributed by atoms with Crippen LogP contribution in [0.2, 0.25) is 0 Å². The summed E-state index contributed by atoms with van der Waals surface area (Å²) in [5, 5.41) is 0. The number of hydrogen-bond donors (Lipinski definition) is 1. The van der Waals surface area contributed by atoms with Crippen molar-refractivity contribution in [2.24, 2.45) is 5.73 Å². The van der Waals surface area contributed by atoms with Crippen molar-refractivity contribution in [3.8, 4) is 11.5 Å². The molecule has 0 saturated heterocycles. The van der Waals surface area contributed by atoms with Gasteiger partial charge in [-0.15, -0.1) is 0 Å². The van der Waals surface area contributed by atoms with Crippen LogP contribution in [0.15, 0.2) is 30.3 Å². The quantitative estimate of drug-likeness (QED) is 0.889. The summed E-state index contributed by atoms with van der Waals surface area (Å²) >= 11 is 0. The van der Waals surface area contributed by atoms with Gasteiger partial charge in [0.25, 0.3) is 0 Å². The molecular weight excluding hydrogens is 253 g/mol. The van der Waals surface area contributed by atoms with E-state index in [0.29, 0.717) is 16.9 Å². The van der Waals surface area contributed by atoms with Crippen LogP contribution < -0.4 is 10.5 Å². The summed E-state index contributed by atoms with van der Waals surface area (Å²) in [6.07, 6.45) is 0. The average molecular weight is 273 g/mol. The van der Waals surface area contributed by atoms with Gasteiger partial charge < -0.3 is 10.5 Å². The molecule has 0 radical (unpaired) electrons. The summed E-state index contributed by atoms with van der Waals surface area (Å²) < 4.78 is 19.6. The van der Waals surface area contributed by atoms with Gasteiger partial charge in [0, 0.05) is 11.6 Å². The van der Waals surface area contributed by atoms with E-state index >= 15 is 0 Å². The van der Waals surface area contributed by atoms with E-state index in [2.05, 4.69) is 6.92 Å². The van der Waals surface area contributed by atoms with Crippen LogP contribution in [0.3, 0.4) is 0 Å². The molecule has 0 aliphatic heterocycles. The molecule has 1 unspecified atom stereocenters. The lowest BCUT2D eigenvalue weighted by atomic mass is 10.0. The van der Waals surface area contributed by atoms with Crippen LogP contribution in [0.1, 0.15) is 35.2 Å². The van der Waals surface area contributed by atoms with E-state index in [1.807, 2.05) is 32.0 Å². The van der Waals surface area contributed by atoms with Crippen molar-refractivity contribution >= 4 is 0 Å². The first-order valence-electron chi connectivity index (χ1n) is 6.69. The number of halogens is 1. The molecule has 2 aromatic carbocycles. The number of benzene rings is 2. The van der Waals surface area contributed by atoms with Gasteiger partial charge in [-0.25, -0.2) is 4.39 Å². The van der Waals surface area contributed by atoms with Gasteiger partial charge in [-0.1, -0.05) is 6.07 Å². The highest BCUT2D eigenvalue weighted by atomic mass is 19.1. The van der Waals surface area contributed by atoms with Gasteiger partial charge in [-0.3, -0.25) is 0 Å². The van der Waals surface area contributed by atoms with Gasteiger partial charge in [0.1, 0.15) is 17.3 Å². The van der Waals surface area contributed by atoms with Crippen LogP contribution >= 0.6 is 0 Å². The zero-order chi connectivity index (χ0) is 14.9. The molecule has 0 aromatic heterocycles. The fourth-order valence-corrected chi connectivity index (χ4v) is 2.02. The zero-order valence-electron chi connectivity index (χ0n) is 12.3. The molecule has 20 heavy (non-hydrogen) atoms. The van der Waals surface area contributed by atoms with E-state index in [-0.39, 0.29) is 11.9 Å². The minimum Gasteiger partial charge on any atom is -0.457 e. The third-order valence-corrected chi connectivity index (χ3v) is 3.49. The Labute approximate surface area is 119 Å². The first-order chi connectivity index (χ1) is 9.38. The number of ether oxygens (including phenoxy) is 1. The van der Waals surface area contributed by atoms with E-state index in [9.17, 15) is 4.39 Å². The Morgan fingerprint density at radius 3 is 2.30 bits per heavy atom. The van der Waals surface area contributed by atoms with Crippen LogP contribution in [-0.4, -0.2) is 0 Å². The molecule has 3 heteroatoms. The van der Waals surface area contributed by atoms with Gasteiger partial charge in [-0.2, -0.15) is 0 Å². The maximum absolute atomic E-state index is 13.7. The maximum Gasteiger partial charge on any atom is 0.132 e. The zero-order valence-corrected chi connectivity index (χ0v) is 12.3. The van der Waals surface area contributed by atoms with Crippen LogP contribution in [0.25, 0.3) is 0 Å². The molecule has 2 nitrogen and oxygen atoms in total. The van der Waals surface area contributed by atoms with E-state index in [1.165, 1.54) is 11.6 Å². The summed E-state index contributed by atoms with van der Waals surface area (Å²) in [7, 11) is 0. The number of rotatable bonds is 3. The summed E-state index contributed by atoms with van der Waals surface area (Å²) in [6.45, 7) is 7.62. The fraction of sp³-hybridized carbons (Fsp3) is 0.294. The van der Waals surface area contributed by atoms with Crippen molar-refractivity contribution < 1.29 is 9.13 Å². The summed E-state index contributed by atoms with van der Waals surface area (Å²) in [6, 6.07) is 8.75. The van der Waals surface area contributed by atoms with Gasteiger partial charge in [-0.05, 0) is 68.7 Å². The molecular formula is C17H20FNO. The number of aryl methyl sites for hydroxylation is 3. The topological polar surface area (TPSA) is 35.2 Å². The first-order valence-corrected chi connectivity index (χ1v) is 6.69. The van der Waals surface area contributed by atoms with Crippen molar-refractivity contribution in [2.75, 3.05) is 0 Å². The third kappa shape index (κ3) is 2.99. The molecule has 0 heterocycles. The Bertz CT molecular complexity index is 635. The monoisotopic (exact) mass is 273 g/mol. The Kier molecular flexibility index (Phi) is 4.09. The highest BCUT2D eigenvalue weighted by Crippen LogP contribution is 2.31. The Balaban J connectivity index is 2.41. The molecule has 0 saturated carbocycles. The highest BCUT2D eigenvalue weighted by molar-refractivity contribution is 5.44. The van der Waals surface area contributed by atoms with Crippen LogP contribution in [0, 0.1) is 26.6 Å². The molecule has 0 amide bonds. The lowest BCUT2D eigenvalue weighted by Crippen LogP contribution is -2.08. The summed E-state index contributed by atoms with van der Waals surface area (Å²) in [5.41, 5.74) is 9.48. The predicted octanol–water partition coefficient (Wildman–Crippen LogP) is 4.56. The van der Waals surface area contributed by atoms with Crippen LogP contribution in [0.5, 0.6) is 11.5 Å². The molecule has 0 aliphatic rings. The van der Waals surface area contributed by atoms with Crippen molar-refractivity contribution in [1.82, 2.24) is 0 Å². The smallest absolute Gasteiger partial charge is 0.132 e. The van der Waals surface area contributed by atoms with Crippen molar-refractivity contribution in [3.63, 3.8) is 0 Å². The molecule has 2 aromatic rings. The van der Waals surface area contributed by atoms with Gasteiger partial charge in [0.05, 0.1) is 0 Å². The maximum atomic E-state index is 13.7. The Morgan fingerprint density at radius 2 is 1.70 bits per heavy atom. The molecule has 106 valence electrons. The van der Waals surface area contributed by atoms with Gasteiger partial charge >= 0.3 is 0 Å². The lowest BCUT2D eigenvalue weighted by molar-refractivity contribution is 0.467. The predicted molar refractivity (Wildman–Crippen MR) is 79.7 cm³/mol. The largest absolute Gasteiger partial charge is 0.457 e. The second kappa shape index (κ2) is 5.63. The van der Waals surface area contributed by atoms with E-state index in [1.54, 1.807) is 13.0 Å². The molecule has 2 rings (SSSR count). The second-order valence-electron chi connectivity index (χ2n) is 5.28. The second-order valence-corrected chi connectivity index (χ2v) is 5.28. The average Bonchev–Trinajstić information content (AvgIpc) is 2.37. The minimum atomic E-state index is -0.286. The number of hydrogen-bond acceptors (Lipinski definition) is 2. The number of nitrogens with two attached hydrogens (primary N) is 1. The molecule has 2 N–H and O–H groups in total. The van der Waals surface area contributed by atoms with Crippen molar-refractivity contribution in [1.29, 1.82) is 0 Å².